The SMILES string of the molecule is COC1CCC2C3NCCC4C5CC(O[C@@H](C)C(=O)NCC6CCC7OCOC7C6)CCC5N(C(=O)C2C1OC)C43. The average Bonchev–Trinajstić information content (AvgIpc) is 3.60. The Morgan fingerprint density at radius 1 is 1.00 bits per heavy atom. The average molecular weight is 576 g/mol. The lowest BCUT2D eigenvalue weighted by molar-refractivity contribution is -0.175. The maximum atomic E-state index is 14.2. The van der Waals surface area contributed by atoms with Gasteiger partial charge in [-0.1, -0.05) is 0 Å². The molecule has 0 bridgehead atoms. The van der Waals surface area contributed by atoms with Crippen LogP contribution in [-0.2, 0) is 33.3 Å². The van der Waals surface area contributed by atoms with E-state index < -0.39 is 6.10 Å². The molecule has 13 unspecified atom stereocenters. The molecule has 10 heteroatoms. The Bertz CT molecular complexity index is 983. The first-order valence-electron chi connectivity index (χ1n) is 16.3. The summed E-state index contributed by atoms with van der Waals surface area (Å²) < 4.78 is 29.5. The van der Waals surface area contributed by atoms with E-state index in [2.05, 4.69) is 15.5 Å². The van der Waals surface area contributed by atoms with Crippen LogP contribution in [0.4, 0.5) is 0 Å². The first-order chi connectivity index (χ1) is 20.0. The molecule has 0 spiro atoms. The van der Waals surface area contributed by atoms with E-state index in [1.807, 2.05) is 6.92 Å². The minimum atomic E-state index is -0.485. The molecule has 230 valence electrons. The van der Waals surface area contributed by atoms with E-state index in [1.165, 1.54) is 0 Å². The number of methoxy groups -OCH3 is 2. The molecule has 0 aromatic heterocycles. The van der Waals surface area contributed by atoms with E-state index in [1.54, 1.807) is 14.2 Å². The molecule has 10 nitrogen and oxygen atoms in total. The Balaban J connectivity index is 0.982. The molecule has 2 amide bonds. The van der Waals surface area contributed by atoms with Gasteiger partial charge in [0.2, 0.25) is 11.8 Å². The van der Waals surface area contributed by atoms with E-state index >= 15 is 0 Å². The quantitative estimate of drug-likeness (QED) is 0.474. The van der Waals surface area contributed by atoms with Crippen molar-refractivity contribution in [1.82, 2.24) is 15.5 Å². The van der Waals surface area contributed by atoms with E-state index in [-0.39, 0.29) is 60.3 Å². The van der Waals surface area contributed by atoms with Crippen LogP contribution in [-0.4, -0.2) is 106 Å². The number of hydrogen-bond acceptors (Lipinski definition) is 8. The van der Waals surface area contributed by atoms with Gasteiger partial charge in [-0.3, -0.25) is 9.59 Å². The van der Waals surface area contributed by atoms with Crippen molar-refractivity contribution in [3.8, 4) is 0 Å². The number of piperidine rings is 2. The van der Waals surface area contributed by atoms with Crippen molar-refractivity contribution in [2.75, 3.05) is 34.1 Å². The van der Waals surface area contributed by atoms with Crippen LogP contribution in [0, 0.1) is 29.6 Å². The first kappa shape index (κ1) is 28.5. The van der Waals surface area contributed by atoms with Gasteiger partial charge in [0.05, 0.1) is 42.5 Å². The van der Waals surface area contributed by atoms with Crippen molar-refractivity contribution in [3.05, 3.63) is 0 Å². The predicted molar refractivity (Wildman–Crippen MR) is 149 cm³/mol. The van der Waals surface area contributed by atoms with Crippen LogP contribution in [0.5, 0.6) is 0 Å². The third-order valence-corrected chi connectivity index (χ3v) is 12.0. The lowest BCUT2D eigenvalue weighted by Crippen LogP contribution is -2.70. The van der Waals surface area contributed by atoms with Gasteiger partial charge in [0, 0.05) is 32.8 Å². The maximum Gasteiger partial charge on any atom is 0.248 e. The summed E-state index contributed by atoms with van der Waals surface area (Å²) in [7, 11) is 3.47. The van der Waals surface area contributed by atoms with E-state index in [0.717, 1.165) is 64.3 Å². The highest BCUT2D eigenvalue weighted by Gasteiger charge is 2.64. The van der Waals surface area contributed by atoms with Crippen LogP contribution in [0.15, 0.2) is 0 Å². The van der Waals surface area contributed by atoms with E-state index in [0.29, 0.717) is 43.1 Å². The van der Waals surface area contributed by atoms with Crippen molar-refractivity contribution < 1.29 is 33.3 Å². The summed E-state index contributed by atoms with van der Waals surface area (Å²) >= 11 is 0. The fourth-order valence-corrected chi connectivity index (χ4v) is 10.1. The Morgan fingerprint density at radius 2 is 1.85 bits per heavy atom. The molecule has 4 aliphatic heterocycles. The Labute approximate surface area is 243 Å². The summed E-state index contributed by atoms with van der Waals surface area (Å²) in [6.45, 7) is 3.95. The largest absolute Gasteiger partial charge is 0.379 e. The number of ether oxygens (including phenoxy) is 5. The number of rotatable bonds is 7. The molecule has 4 heterocycles. The highest BCUT2D eigenvalue weighted by Crippen LogP contribution is 2.54. The molecular formula is C31H49N3O7. The van der Waals surface area contributed by atoms with Gasteiger partial charge in [-0.05, 0) is 94.9 Å². The fourth-order valence-electron chi connectivity index (χ4n) is 10.1. The van der Waals surface area contributed by atoms with Crippen molar-refractivity contribution in [2.24, 2.45) is 29.6 Å². The number of carbonyl (C=O) groups is 2. The van der Waals surface area contributed by atoms with Crippen LogP contribution >= 0.6 is 0 Å². The van der Waals surface area contributed by atoms with Crippen LogP contribution in [0.1, 0.15) is 64.7 Å². The van der Waals surface area contributed by atoms with Gasteiger partial charge in [0.15, 0.2) is 0 Å². The van der Waals surface area contributed by atoms with Crippen molar-refractivity contribution >= 4 is 11.8 Å². The summed E-state index contributed by atoms with van der Waals surface area (Å²) in [5, 5.41) is 7.00. The van der Waals surface area contributed by atoms with E-state index in [9.17, 15) is 9.59 Å². The zero-order valence-corrected chi connectivity index (χ0v) is 24.9. The van der Waals surface area contributed by atoms with Crippen molar-refractivity contribution in [2.45, 2.75) is 119 Å². The topological polar surface area (TPSA) is 108 Å². The Morgan fingerprint density at radius 3 is 2.68 bits per heavy atom. The van der Waals surface area contributed by atoms with Gasteiger partial charge in [-0.25, -0.2) is 0 Å². The normalized spacial score (nSPS) is 47.6. The van der Waals surface area contributed by atoms with Crippen molar-refractivity contribution in [3.63, 3.8) is 0 Å². The number of nitrogens with one attached hydrogen (secondary N) is 2. The Kier molecular flexibility index (Phi) is 8.09. The minimum absolute atomic E-state index is 0.0267. The summed E-state index contributed by atoms with van der Waals surface area (Å²) in [6, 6.07) is 0.827. The number of amides is 2. The number of carbonyl (C=O) groups excluding carboxylic acids is 2. The zero-order chi connectivity index (χ0) is 28.2. The molecule has 0 radical (unpaired) electrons. The molecule has 4 saturated heterocycles. The third-order valence-electron chi connectivity index (χ3n) is 12.0. The molecule has 0 aromatic carbocycles. The second-order valence-electron chi connectivity index (χ2n) is 13.8. The van der Waals surface area contributed by atoms with Gasteiger partial charge in [0.25, 0.3) is 0 Å². The minimum Gasteiger partial charge on any atom is -0.379 e. The molecule has 3 saturated carbocycles. The Hall–Kier alpha value is -1.30. The predicted octanol–water partition coefficient (Wildman–Crippen LogP) is 1.85. The lowest BCUT2D eigenvalue weighted by Gasteiger charge is -2.55. The van der Waals surface area contributed by atoms with Crippen LogP contribution in [0.2, 0.25) is 0 Å². The second-order valence-corrected chi connectivity index (χ2v) is 13.8. The van der Waals surface area contributed by atoms with E-state index in [4.69, 9.17) is 23.7 Å². The van der Waals surface area contributed by atoms with Gasteiger partial charge >= 0.3 is 0 Å². The highest BCUT2D eigenvalue weighted by atomic mass is 16.7. The fraction of sp³-hybridized carbons (Fsp3) is 0.935. The summed E-state index contributed by atoms with van der Waals surface area (Å²) in [4.78, 5) is 29.5. The molecular weight excluding hydrogens is 526 g/mol. The molecule has 7 fully saturated rings. The molecule has 2 N–H and O–H groups in total. The van der Waals surface area contributed by atoms with Crippen LogP contribution < -0.4 is 10.6 Å². The van der Waals surface area contributed by atoms with Crippen LogP contribution in [0.25, 0.3) is 0 Å². The summed E-state index contributed by atoms with van der Waals surface area (Å²) in [5.41, 5.74) is 0. The molecule has 3 aliphatic carbocycles. The molecule has 14 atom stereocenters. The van der Waals surface area contributed by atoms with Gasteiger partial charge in [-0.15, -0.1) is 0 Å². The van der Waals surface area contributed by atoms with Crippen LogP contribution in [0.3, 0.4) is 0 Å². The van der Waals surface area contributed by atoms with Crippen molar-refractivity contribution in [1.29, 1.82) is 0 Å². The summed E-state index contributed by atoms with van der Waals surface area (Å²) in [6.07, 6.45) is 8.51. The first-order valence-corrected chi connectivity index (χ1v) is 16.3. The zero-order valence-electron chi connectivity index (χ0n) is 24.9. The lowest BCUT2D eigenvalue weighted by atomic mass is 9.64. The van der Waals surface area contributed by atoms with Gasteiger partial charge < -0.3 is 39.2 Å². The van der Waals surface area contributed by atoms with Gasteiger partial charge in [-0.2, -0.15) is 0 Å². The molecule has 0 aromatic rings. The monoisotopic (exact) mass is 575 g/mol. The number of nitrogens with zero attached hydrogens (tertiary/aromatic N) is 1. The standard InChI is InChI=1S/C31H49N3O7/c1-16(30(35)33-14-17-4-8-23-25(12-17)40-15-39-23)41-18-5-7-22-21(13-18)19-10-11-32-27-20-6-9-24(37-2)29(38-3)26(20)31(36)34(22)28(19)27/h16-29,32H,4-15H2,1-3H3,(H,33,35)/t16-,17?,18?,19?,20?,21?,22?,23?,24?,25?,26?,27?,28?,29?/m0/s1. The second kappa shape index (κ2) is 11.7. The number of fused-ring (bicyclic) bond motifs is 6. The molecule has 7 rings (SSSR count). The maximum absolute atomic E-state index is 14.2. The number of hydrogen-bond donors (Lipinski definition) is 2. The molecule has 7 aliphatic rings. The molecule has 41 heavy (non-hydrogen) atoms. The highest BCUT2D eigenvalue weighted by molar-refractivity contribution is 5.83. The third kappa shape index (κ3) is 4.94. The van der Waals surface area contributed by atoms with Gasteiger partial charge in [0.1, 0.15) is 12.9 Å². The summed E-state index contributed by atoms with van der Waals surface area (Å²) in [5.74, 6) is 1.73. The smallest absolute Gasteiger partial charge is 0.248 e.